The maximum absolute atomic E-state index is 12.4. The first-order chi connectivity index (χ1) is 11.8. The summed E-state index contributed by atoms with van der Waals surface area (Å²) in [6.07, 6.45) is 0. The van der Waals surface area contributed by atoms with E-state index < -0.39 is 25.4 Å². The van der Waals surface area contributed by atoms with Crippen molar-refractivity contribution in [3.05, 3.63) is 58.6 Å². The van der Waals surface area contributed by atoms with Gasteiger partial charge in [-0.25, -0.2) is 8.42 Å². The summed E-state index contributed by atoms with van der Waals surface area (Å²) >= 11 is 0. The highest BCUT2D eigenvalue weighted by molar-refractivity contribution is 7.91. The second-order valence-electron chi connectivity index (χ2n) is 4.96. The lowest BCUT2D eigenvalue weighted by Gasteiger charge is -2.10. The van der Waals surface area contributed by atoms with E-state index in [1.54, 1.807) is 18.2 Å². The first-order valence-electron chi connectivity index (χ1n) is 7.15. The Morgan fingerprint density at radius 2 is 1.60 bits per heavy atom. The van der Waals surface area contributed by atoms with Crippen LogP contribution in [-0.4, -0.2) is 32.2 Å². The first-order valence-corrected chi connectivity index (χ1v) is 8.70. The van der Waals surface area contributed by atoms with Crippen LogP contribution in [0, 0.1) is 10.1 Å². The third-order valence-corrected chi connectivity index (χ3v) is 4.69. The van der Waals surface area contributed by atoms with Crippen LogP contribution in [0.5, 0.6) is 0 Å². The highest BCUT2D eigenvalue weighted by Gasteiger charge is 2.26. The Morgan fingerprint density at radius 3 is 2.20 bits per heavy atom. The van der Waals surface area contributed by atoms with Crippen LogP contribution in [0.2, 0.25) is 0 Å². The van der Waals surface area contributed by atoms with E-state index in [1.165, 1.54) is 18.2 Å². The molecule has 0 radical (unpaired) electrons. The fourth-order valence-electron chi connectivity index (χ4n) is 2.05. The van der Waals surface area contributed by atoms with Gasteiger partial charge < -0.3 is 10.6 Å². The Hall–Kier alpha value is -2.75. The number of nitrogens with zero attached hydrogens (tertiary/aromatic N) is 1. The number of alkyl halides is 2. The fourth-order valence-corrected chi connectivity index (χ4v) is 2.77. The van der Waals surface area contributed by atoms with Crippen LogP contribution in [0.15, 0.2) is 53.4 Å². The number of sulfone groups is 1. The fraction of sp³-hybridized carbons (Fsp3) is 0.200. The van der Waals surface area contributed by atoms with Gasteiger partial charge in [0.15, 0.2) is 0 Å². The molecule has 2 aromatic rings. The van der Waals surface area contributed by atoms with Crippen molar-refractivity contribution in [3.8, 4) is 0 Å². The van der Waals surface area contributed by atoms with Gasteiger partial charge >= 0.3 is 5.76 Å². The minimum atomic E-state index is -4.61. The molecule has 0 amide bonds. The molecule has 0 atom stereocenters. The summed E-state index contributed by atoms with van der Waals surface area (Å²) in [6.45, 7) is 0.745. The van der Waals surface area contributed by atoms with E-state index in [9.17, 15) is 27.3 Å². The number of hydrogen-bond donors (Lipinski definition) is 2. The predicted octanol–water partition coefficient (Wildman–Crippen LogP) is 3.12. The number of benzene rings is 2. The Kier molecular flexibility index (Phi) is 5.86. The molecule has 0 aliphatic rings. The summed E-state index contributed by atoms with van der Waals surface area (Å²) in [6, 6.07) is 11.2. The van der Waals surface area contributed by atoms with Gasteiger partial charge in [-0.2, -0.15) is 8.78 Å². The van der Waals surface area contributed by atoms with Gasteiger partial charge in [-0.15, -0.1) is 0 Å². The van der Waals surface area contributed by atoms with Crippen LogP contribution in [0.4, 0.5) is 25.8 Å². The molecule has 0 aromatic heterocycles. The molecule has 10 heteroatoms. The molecule has 0 saturated carbocycles. The van der Waals surface area contributed by atoms with Crippen LogP contribution in [0.1, 0.15) is 0 Å². The summed E-state index contributed by atoms with van der Waals surface area (Å²) in [5.74, 6) is -3.46. The number of nitro benzene ring substituents is 1. The number of para-hydroxylation sites is 2. The highest BCUT2D eigenvalue weighted by Crippen LogP contribution is 2.23. The normalized spacial score (nSPS) is 11.3. The third kappa shape index (κ3) is 4.63. The van der Waals surface area contributed by atoms with Crippen LogP contribution in [0.25, 0.3) is 0 Å². The molecule has 2 N–H and O–H groups in total. The molecular weight excluding hydrogens is 356 g/mol. The van der Waals surface area contributed by atoms with Gasteiger partial charge in [0.05, 0.1) is 9.82 Å². The molecule has 0 fully saturated rings. The van der Waals surface area contributed by atoms with E-state index in [1.807, 2.05) is 0 Å². The molecule has 2 rings (SSSR count). The van der Waals surface area contributed by atoms with Gasteiger partial charge in [-0.1, -0.05) is 12.1 Å². The lowest BCUT2D eigenvalue weighted by Crippen LogP contribution is -2.15. The topological polar surface area (TPSA) is 101 Å². The standard InChI is InChI=1S/C15H15F2N3O4S/c16-15(17)25(23,24)12-7-5-11(6-8-12)18-9-10-19-13-3-1-2-4-14(13)20(21)22/h1-8,15,18-19H,9-10H2. The van der Waals surface area contributed by atoms with E-state index in [0.29, 0.717) is 24.5 Å². The van der Waals surface area contributed by atoms with Crippen LogP contribution >= 0.6 is 0 Å². The van der Waals surface area contributed by atoms with Crippen molar-refractivity contribution in [1.82, 2.24) is 0 Å². The van der Waals surface area contributed by atoms with Gasteiger partial charge in [0.2, 0.25) is 9.84 Å². The average molecular weight is 371 g/mol. The van der Waals surface area contributed by atoms with Crippen LogP contribution in [0.3, 0.4) is 0 Å². The van der Waals surface area contributed by atoms with Crippen molar-refractivity contribution in [1.29, 1.82) is 0 Å². The second-order valence-corrected chi connectivity index (χ2v) is 6.88. The molecule has 134 valence electrons. The zero-order valence-electron chi connectivity index (χ0n) is 12.9. The lowest BCUT2D eigenvalue weighted by molar-refractivity contribution is -0.384. The quantitative estimate of drug-likeness (QED) is 0.420. The number of nitrogens with one attached hydrogen (secondary N) is 2. The van der Waals surface area contributed by atoms with Crippen molar-refractivity contribution >= 4 is 26.9 Å². The molecular formula is C15H15F2N3O4S. The maximum atomic E-state index is 12.4. The van der Waals surface area contributed by atoms with Crippen molar-refractivity contribution in [2.75, 3.05) is 23.7 Å². The van der Waals surface area contributed by atoms with Gasteiger partial charge in [0.1, 0.15) is 5.69 Å². The van der Waals surface area contributed by atoms with E-state index in [-0.39, 0.29) is 5.69 Å². The molecule has 0 spiro atoms. The van der Waals surface area contributed by atoms with Crippen molar-refractivity contribution in [2.45, 2.75) is 10.7 Å². The summed E-state index contributed by atoms with van der Waals surface area (Å²) < 4.78 is 47.5. The molecule has 0 unspecified atom stereocenters. The van der Waals surface area contributed by atoms with Crippen molar-refractivity contribution < 1.29 is 22.1 Å². The monoisotopic (exact) mass is 371 g/mol. The zero-order valence-corrected chi connectivity index (χ0v) is 13.7. The van der Waals surface area contributed by atoms with Gasteiger partial charge in [-0.05, 0) is 30.3 Å². The third-order valence-electron chi connectivity index (χ3n) is 3.29. The minimum Gasteiger partial charge on any atom is -0.383 e. The Morgan fingerprint density at radius 1 is 1.00 bits per heavy atom. The average Bonchev–Trinajstić information content (AvgIpc) is 2.59. The molecule has 2 aromatic carbocycles. The van der Waals surface area contributed by atoms with Crippen molar-refractivity contribution in [2.24, 2.45) is 0 Å². The zero-order chi connectivity index (χ0) is 18.4. The van der Waals surface area contributed by atoms with E-state index in [4.69, 9.17) is 0 Å². The van der Waals surface area contributed by atoms with Crippen molar-refractivity contribution in [3.63, 3.8) is 0 Å². The molecule has 0 saturated heterocycles. The molecule has 25 heavy (non-hydrogen) atoms. The van der Waals surface area contributed by atoms with Crippen LogP contribution in [-0.2, 0) is 9.84 Å². The van der Waals surface area contributed by atoms with Gasteiger partial charge in [-0.3, -0.25) is 10.1 Å². The summed E-state index contributed by atoms with van der Waals surface area (Å²) in [5.41, 5.74) is 0.884. The summed E-state index contributed by atoms with van der Waals surface area (Å²) in [7, 11) is -4.61. The van der Waals surface area contributed by atoms with E-state index in [0.717, 1.165) is 12.1 Å². The number of rotatable bonds is 8. The molecule has 0 aliphatic carbocycles. The SMILES string of the molecule is O=[N+]([O-])c1ccccc1NCCNc1ccc(S(=O)(=O)C(F)F)cc1. The summed E-state index contributed by atoms with van der Waals surface area (Å²) in [5, 5.41) is 16.8. The Balaban J connectivity index is 1.90. The van der Waals surface area contributed by atoms with E-state index >= 15 is 0 Å². The number of hydrogen-bond acceptors (Lipinski definition) is 6. The molecule has 0 bridgehead atoms. The maximum Gasteiger partial charge on any atom is 0.341 e. The minimum absolute atomic E-state index is 0.0379. The molecule has 0 heterocycles. The lowest BCUT2D eigenvalue weighted by atomic mass is 10.2. The second kappa shape index (κ2) is 7.88. The van der Waals surface area contributed by atoms with E-state index in [2.05, 4.69) is 10.6 Å². The summed E-state index contributed by atoms with van der Waals surface area (Å²) in [4.78, 5) is 9.94. The van der Waals surface area contributed by atoms with Gasteiger partial charge in [0, 0.05) is 24.8 Å². The van der Waals surface area contributed by atoms with Gasteiger partial charge in [0.25, 0.3) is 5.69 Å². The Bertz CT molecular complexity index is 842. The first kappa shape index (κ1) is 18.6. The number of nitro groups is 1. The molecule has 0 aliphatic heterocycles. The number of anilines is 2. The smallest absolute Gasteiger partial charge is 0.341 e. The Labute approximate surface area is 142 Å². The largest absolute Gasteiger partial charge is 0.383 e. The number of halogens is 2. The van der Waals surface area contributed by atoms with Crippen LogP contribution < -0.4 is 10.6 Å². The highest BCUT2D eigenvalue weighted by atomic mass is 32.2. The molecule has 7 nitrogen and oxygen atoms in total. The predicted molar refractivity (Wildman–Crippen MR) is 89.7 cm³/mol.